The van der Waals surface area contributed by atoms with Gasteiger partial charge in [0.25, 0.3) is 0 Å². The Morgan fingerprint density at radius 3 is 1.28 bits per heavy atom. The third-order valence-corrected chi connectivity index (χ3v) is 9.97. The molecule has 0 heterocycles. The number of hydrogen-bond acceptors (Lipinski definition) is 2. The standard InChI is InChI=1S/2C22H25.C2H4BN2O2.2ClH.Zr/c2*1-5-16(4)19-10-6-7-11-20(19)21-12-8-9-17-13-18(15(2)3)14-22(17)21;6-1-4-3-5-2-7;;;/h2*6-16H,5H2,1-4H3;1-2H,(H,4,6)(H,5,7);2*1H;/q2*-1;;;;+4/p-2. The van der Waals surface area contributed by atoms with E-state index in [0.717, 1.165) is 7.55 Å². The maximum absolute atomic E-state index is 9.38. The van der Waals surface area contributed by atoms with Crippen LogP contribution in [0.15, 0.2) is 109 Å². The molecule has 54 heavy (non-hydrogen) atoms. The molecule has 6 rings (SSSR count). The second kappa shape index (κ2) is 23.5. The monoisotopic (exact) mass is 837 g/mol. The molecule has 0 saturated heterocycles. The van der Waals surface area contributed by atoms with Gasteiger partial charge < -0.3 is 10.5 Å². The fourth-order valence-electron chi connectivity index (χ4n) is 6.55. The molecule has 8 heteroatoms. The van der Waals surface area contributed by atoms with Crippen LogP contribution in [0.25, 0.3) is 43.8 Å². The first-order chi connectivity index (χ1) is 26.1. The van der Waals surface area contributed by atoms with E-state index in [0.29, 0.717) is 36.5 Å². The predicted octanol–water partition coefficient (Wildman–Crippen LogP) is 13.1. The molecule has 1 radical (unpaired) electrons. The zero-order valence-electron chi connectivity index (χ0n) is 32.9. The molecular formula is C46H54BCl2N2O2Zr. The second-order valence-corrected chi connectivity index (χ2v) is 17.8. The second-order valence-electron chi connectivity index (χ2n) is 14.1. The van der Waals surface area contributed by atoms with Gasteiger partial charge in [0.05, 0.1) is 0 Å². The molecule has 6 aromatic rings. The average Bonchev–Trinajstić information content (AvgIpc) is 3.84. The fraction of sp³-hybridized carbons (Fsp3) is 0.304. The van der Waals surface area contributed by atoms with Crippen LogP contribution in [0.3, 0.4) is 0 Å². The topological polar surface area (TPSA) is 58.2 Å². The Morgan fingerprint density at radius 2 is 0.944 bits per heavy atom. The number of carbonyl (C=O) groups is 2. The van der Waals surface area contributed by atoms with E-state index in [4.69, 9.17) is 17.0 Å². The van der Waals surface area contributed by atoms with Gasteiger partial charge in [-0.05, 0) is 58.8 Å². The van der Waals surface area contributed by atoms with E-state index >= 15 is 0 Å². The summed E-state index contributed by atoms with van der Waals surface area (Å²) in [7, 11) is 11.0. The summed E-state index contributed by atoms with van der Waals surface area (Å²) in [4.78, 5) is 18.8. The molecule has 0 aliphatic carbocycles. The molecule has 0 bridgehead atoms. The Labute approximate surface area is 343 Å². The van der Waals surface area contributed by atoms with Gasteiger partial charge in [0.2, 0.25) is 0 Å². The normalized spacial score (nSPS) is 11.6. The summed E-state index contributed by atoms with van der Waals surface area (Å²) in [6, 6.07) is 40.6. The van der Waals surface area contributed by atoms with Crippen LogP contribution in [-0.4, -0.2) is 20.4 Å². The van der Waals surface area contributed by atoms with Crippen molar-refractivity contribution in [3.05, 3.63) is 131 Å². The van der Waals surface area contributed by atoms with Crippen molar-refractivity contribution in [2.24, 2.45) is 0 Å². The molecule has 2 amide bonds. The van der Waals surface area contributed by atoms with Crippen LogP contribution in [0.1, 0.15) is 114 Å². The van der Waals surface area contributed by atoms with E-state index in [1.165, 1.54) is 78.9 Å². The summed E-state index contributed by atoms with van der Waals surface area (Å²) in [5, 5.41) is 9.71. The summed E-state index contributed by atoms with van der Waals surface area (Å²) in [6.07, 6.45) is 3.25. The zero-order chi connectivity index (χ0) is 39.6. The molecule has 2 unspecified atom stereocenters. The third-order valence-electron chi connectivity index (χ3n) is 9.97. The Morgan fingerprint density at radius 1 is 0.593 bits per heavy atom. The minimum absolute atomic E-state index is 0.455. The van der Waals surface area contributed by atoms with Crippen LogP contribution in [0.4, 0.5) is 0 Å². The number of benzene rings is 4. The molecule has 0 aromatic heterocycles. The van der Waals surface area contributed by atoms with E-state index < -0.39 is 20.8 Å². The molecular weight excluding hydrogens is 785 g/mol. The zero-order valence-corrected chi connectivity index (χ0v) is 36.9. The van der Waals surface area contributed by atoms with Gasteiger partial charge >= 0.3 is 45.4 Å². The molecule has 0 saturated carbocycles. The Hall–Kier alpha value is -3.43. The van der Waals surface area contributed by atoms with Crippen molar-refractivity contribution in [3.63, 3.8) is 0 Å². The molecule has 2 N–H and O–H groups in total. The number of fused-ring (bicyclic) bond motifs is 2. The quantitative estimate of drug-likeness (QED) is 0.0558. The molecule has 6 aromatic carbocycles. The van der Waals surface area contributed by atoms with Crippen LogP contribution in [-0.2, 0) is 30.4 Å². The van der Waals surface area contributed by atoms with Crippen molar-refractivity contribution in [3.8, 4) is 22.3 Å². The Kier molecular flexibility index (Phi) is 19.5. The van der Waals surface area contributed by atoms with E-state index in [9.17, 15) is 9.59 Å². The van der Waals surface area contributed by atoms with Crippen LogP contribution in [0.2, 0.25) is 0 Å². The van der Waals surface area contributed by atoms with Crippen molar-refractivity contribution in [1.29, 1.82) is 0 Å². The first-order valence-electron chi connectivity index (χ1n) is 18.8. The van der Waals surface area contributed by atoms with E-state index in [1.807, 2.05) is 0 Å². The first kappa shape index (κ1) is 45.0. The summed E-state index contributed by atoms with van der Waals surface area (Å²) < 4.78 is 0. The van der Waals surface area contributed by atoms with Crippen LogP contribution >= 0.6 is 17.0 Å². The van der Waals surface area contributed by atoms with Gasteiger partial charge in [-0.1, -0.05) is 127 Å². The van der Waals surface area contributed by atoms with Crippen molar-refractivity contribution in [1.82, 2.24) is 10.5 Å². The molecule has 2 atom stereocenters. The summed E-state index contributed by atoms with van der Waals surface area (Å²) in [5.74, 6) is 2.33. The number of rotatable bonds is 12. The summed E-state index contributed by atoms with van der Waals surface area (Å²) >= 11 is -0.826. The van der Waals surface area contributed by atoms with E-state index in [2.05, 4.69) is 175 Å². The third kappa shape index (κ3) is 12.3. The van der Waals surface area contributed by atoms with Gasteiger partial charge in [-0.15, -0.1) is 69.1 Å². The minimum atomic E-state index is -0.826. The van der Waals surface area contributed by atoms with Crippen molar-refractivity contribution >= 4 is 58.9 Å². The first-order valence-corrected chi connectivity index (χ1v) is 25.1. The maximum atomic E-state index is 9.38. The number of nitrogens with one attached hydrogen (secondary N) is 2. The SMILES string of the molecule is CCC(C)c1ccccc1-c1cccc2[cH-]c(C(C)C)cc12.CCC(C)c1ccccc1-c1cccc2[cH-]c(C(C)C)cc12.O=CN[B]NC=O.[Cl][Zr+2][Cl]. The number of halogens is 2. The van der Waals surface area contributed by atoms with Gasteiger partial charge in [0.15, 0.2) is 12.8 Å². The molecule has 0 aliphatic heterocycles. The van der Waals surface area contributed by atoms with E-state index in [-0.39, 0.29) is 0 Å². The fourth-order valence-corrected chi connectivity index (χ4v) is 6.55. The molecule has 4 nitrogen and oxygen atoms in total. The summed E-state index contributed by atoms with van der Waals surface area (Å²) in [6.45, 7) is 18.2. The van der Waals surface area contributed by atoms with Gasteiger partial charge in [-0.3, -0.25) is 9.59 Å². The van der Waals surface area contributed by atoms with Crippen LogP contribution < -0.4 is 10.5 Å². The van der Waals surface area contributed by atoms with Crippen LogP contribution in [0, 0.1) is 0 Å². The molecule has 0 fully saturated rings. The number of hydrogen-bond donors (Lipinski definition) is 2. The molecule has 0 aliphatic rings. The van der Waals surface area contributed by atoms with Crippen LogP contribution in [0.5, 0.6) is 0 Å². The van der Waals surface area contributed by atoms with Gasteiger partial charge in [-0.25, -0.2) is 0 Å². The summed E-state index contributed by atoms with van der Waals surface area (Å²) in [5.41, 5.74) is 11.3. The van der Waals surface area contributed by atoms with E-state index in [1.54, 1.807) is 0 Å². The van der Waals surface area contributed by atoms with Gasteiger partial charge in [-0.2, -0.15) is 12.1 Å². The Balaban J connectivity index is 0.000000233. The van der Waals surface area contributed by atoms with Gasteiger partial charge in [0, 0.05) is 0 Å². The average molecular weight is 840 g/mol. The Bertz CT molecular complexity index is 1890. The van der Waals surface area contributed by atoms with Crippen molar-refractivity contribution in [2.75, 3.05) is 0 Å². The number of carbonyl (C=O) groups excluding carboxylic acids is 2. The number of amides is 2. The molecule has 0 spiro atoms. The van der Waals surface area contributed by atoms with Gasteiger partial charge in [0.1, 0.15) is 0 Å². The van der Waals surface area contributed by atoms with Crippen molar-refractivity contribution < 1.29 is 30.4 Å². The predicted molar refractivity (Wildman–Crippen MR) is 231 cm³/mol. The van der Waals surface area contributed by atoms with Crippen molar-refractivity contribution in [2.45, 2.75) is 91.9 Å². The molecule has 281 valence electrons.